The van der Waals surface area contributed by atoms with E-state index in [0.29, 0.717) is 0 Å². The van der Waals surface area contributed by atoms with Gasteiger partial charge in [-0.1, -0.05) is 0 Å². The lowest BCUT2D eigenvalue weighted by Crippen LogP contribution is -2.51. The van der Waals surface area contributed by atoms with Crippen molar-refractivity contribution in [3.05, 3.63) is 46.8 Å². The van der Waals surface area contributed by atoms with Crippen molar-refractivity contribution in [2.45, 2.75) is 39.8 Å². The van der Waals surface area contributed by atoms with Gasteiger partial charge >= 0.3 is 0 Å². The van der Waals surface area contributed by atoms with Crippen LogP contribution in [0, 0.1) is 13.8 Å². The summed E-state index contributed by atoms with van der Waals surface area (Å²) in [5.41, 5.74) is 8.76. The molecule has 0 N–H and O–H groups in total. The molecule has 2 nitrogen and oxygen atoms in total. The first-order valence-electron chi connectivity index (χ1n) is 6.79. The van der Waals surface area contributed by atoms with E-state index in [1.807, 2.05) is 0 Å². The van der Waals surface area contributed by atoms with Crippen molar-refractivity contribution < 1.29 is 9.13 Å². The summed E-state index contributed by atoms with van der Waals surface area (Å²) < 4.78 is 4.91. The Labute approximate surface area is 108 Å². The molecular formula is C16H18N2+2. The van der Waals surface area contributed by atoms with Crippen LogP contribution in [0.15, 0.2) is 24.5 Å². The van der Waals surface area contributed by atoms with E-state index < -0.39 is 0 Å². The number of hydrogen-bond donors (Lipinski definition) is 0. The second kappa shape index (κ2) is 3.41. The zero-order chi connectivity index (χ0) is 12.3. The van der Waals surface area contributed by atoms with Gasteiger partial charge in [0.2, 0.25) is 0 Å². The maximum Gasteiger partial charge on any atom is 0.281 e. The van der Waals surface area contributed by atoms with Crippen molar-refractivity contribution in [2.75, 3.05) is 0 Å². The molecule has 90 valence electrons. The van der Waals surface area contributed by atoms with Crippen LogP contribution in [0.25, 0.3) is 11.4 Å². The molecule has 0 bridgehead atoms. The highest BCUT2D eigenvalue weighted by Gasteiger charge is 2.37. The third-order valence-electron chi connectivity index (χ3n) is 4.17. The van der Waals surface area contributed by atoms with Gasteiger partial charge in [-0.15, -0.1) is 0 Å². The van der Waals surface area contributed by atoms with Crippen molar-refractivity contribution in [1.29, 1.82) is 0 Å². The molecule has 0 atom stereocenters. The summed E-state index contributed by atoms with van der Waals surface area (Å²) in [7, 11) is 0. The Hall–Kier alpha value is -1.70. The van der Waals surface area contributed by atoms with Gasteiger partial charge in [-0.05, 0) is 26.0 Å². The normalized spacial score (nSPS) is 15.4. The molecule has 2 aromatic heterocycles. The molecule has 0 radical (unpaired) electrons. The Morgan fingerprint density at radius 2 is 1.22 bits per heavy atom. The molecule has 18 heavy (non-hydrogen) atoms. The first kappa shape index (κ1) is 10.2. The average molecular weight is 238 g/mol. The van der Waals surface area contributed by atoms with E-state index >= 15 is 0 Å². The van der Waals surface area contributed by atoms with Gasteiger partial charge in [-0.25, -0.2) is 0 Å². The molecule has 0 saturated carbocycles. The number of hydrogen-bond acceptors (Lipinski definition) is 0. The minimum absolute atomic E-state index is 1.13. The lowest BCUT2D eigenvalue weighted by molar-refractivity contribution is -0.724. The van der Waals surface area contributed by atoms with Crippen LogP contribution in [0.5, 0.6) is 0 Å². The third kappa shape index (κ3) is 1.29. The van der Waals surface area contributed by atoms with Gasteiger partial charge in [0.1, 0.15) is 0 Å². The molecule has 0 amide bonds. The van der Waals surface area contributed by atoms with Crippen molar-refractivity contribution in [1.82, 2.24) is 0 Å². The second-order valence-electron chi connectivity index (χ2n) is 5.67. The van der Waals surface area contributed by atoms with Crippen molar-refractivity contribution in [3.63, 3.8) is 0 Å². The molecule has 2 aliphatic heterocycles. The van der Waals surface area contributed by atoms with Crippen LogP contribution >= 0.6 is 0 Å². The Morgan fingerprint density at radius 1 is 0.778 bits per heavy atom. The molecule has 0 aliphatic carbocycles. The van der Waals surface area contributed by atoms with Crippen LogP contribution in [0.1, 0.15) is 22.3 Å². The van der Waals surface area contributed by atoms with E-state index in [0.717, 1.165) is 25.9 Å². The smallest absolute Gasteiger partial charge is 0.192 e. The topological polar surface area (TPSA) is 7.76 Å². The van der Waals surface area contributed by atoms with Crippen LogP contribution in [0.3, 0.4) is 0 Å². The van der Waals surface area contributed by atoms with Crippen LogP contribution < -0.4 is 9.13 Å². The fourth-order valence-corrected chi connectivity index (χ4v) is 3.54. The Bertz CT molecular complexity index is 561. The third-order valence-corrected chi connectivity index (χ3v) is 4.17. The quantitative estimate of drug-likeness (QED) is 0.617. The molecular weight excluding hydrogens is 220 g/mol. The summed E-state index contributed by atoms with van der Waals surface area (Å²) in [6.45, 7) is 6.66. The van der Waals surface area contributed by atoms with E-state index in [-0.39, 0.29) is 0 Å². The van der Waals surface area contributed by atoms with Crippen molar-refractivity contribution >= 4 is 0 Å². The second-order valence-corrected chi connectivity index (χ2v) is 5.67. The predicted molar refractivity (Wildman–Crippen MR) is 69.2 cm³/mol. The van der Waals surface area contributed by atoms with Crippen LogP contribution in [0.4, 0.5) is 0 Å². The van der Waals surface area contributed by atoms with E-state index in [2.05, 4.69) is 47.5 Å². The maximum absolute atomic E-state index is 2.46. The van der Waals surface area contributed by atoms with Gasteiger partial charge in [0.15, 0.2) is 25.5 Å². The first-order valence-corrected chi connectivity index (χ1v) is 6.79. The number of aromatic nitrogens is 2. The summed E-state index contributed by atoms with van der Waals surface area (Å²) in [6, 6.07) is 4.73. The predicted octanol–water partition coefficient (Wildman–Crippen LogP) is 1.66. The summed E-state index contributed by atoms with van der Waals surface area (Å²) in [6.07, 6.45) is 6.93. The van der Waals surface area contributed by atoms with Gasteiger partial charge < -0.3 is 0 Å². The Kier molecular flexibility index (Phi) is 1.94. The molecule has 2 heteroatoms. The average Bonchev–Trinajstić information content (AvgIpc) is 2.34. The number of nitrogens with zero attached hydrogens (tertiary/aromatic N) is 2. The van der Waals surface area contributed by atoms with Gasteiger partial charge in [0.25, 0.3) is 11.4 Å². The van der Waals surface area contributed by atoms with Crippen LogP contribution in [-0.4, -0.2) is 0 Å². The minimum atomic E-state index is 1.13. The Morgan fingerprint density at radius 3 is 1.67 bits per heavy atom. The zero-order valence-corrected chi connectivity index (χ0v) is 11.0. The highest BCUT2D eigenvalue weighted by molar-refractivity contribution is 5.59. The number of pyridine rings is 2. The van der Waals surface area contributed by atoms with E-state index in [1.165, 1.54) is 33.6 Å². The molecule has 4 rings (SSSR count). The SMILES string of the molecule is Cc1cc2c3[n+](c1)CCc1cc(C)c[n+](c1-3)CC2. The standard InChI is InChI=1S/C16H18N2/c1-11-7-13-3-6-18-10-12(2)8-14-4-5-17(9-11)15(13)16(14)18/h7-10H,3-6H2,1-2H3/q+2. The van der Waals surface area contributed by atoms with E-state index in [9.17, 15) is 0 Å². The summed E-state index contributed by atoms with van der Waals surface area (Å²) in [4.78, 5) is 0. The van der Waals surface area contributed by atoms with Gasteiger partial charge in [-0.2, -0.15) is 9.13 Å². The molecule has 0 aromatic carbocycles. The minimum Gasteiger partial charge on any atom is -0.192 e. The van der Waals surface area contributed by atoms with Crippen LogP contribution in [-0.2, 0) is 25.9 Å². The summed E-state index contributed by atoms with van der Waals surface area (Å²) >= 11 is 0. The van der Waals surface area contributed by atoms with Gasteiger partial charge in [0, 0.05) is 35.1 Å². The molecule has 0 saturated heterocycles. The Balaban J connectivity index is 2.10. The fourth-order valence-electron chi connectivity index (χ4n) is 3.54. The van der Waals surface area contributed by atoms with Gasteiger partial charge in [0.05, 0.1) is 0 Å². The number of aryl methyl sites for hydroxylation is 6. The van der Waals surface area contributed by atoms with E-state index in [1.54, 1.807) is 0 Å². The lowest BCUT2D eigenvalue weighted by atomic mass is 9.93. The van der Waals surface area contributed by atoms with Gasteiger partial charge in [-0.3, -0.25) is 0 Å². The highest BCUT2D eigenvalue weighted by atomic mass is 15.1. The number of rotatable bonds is 0. The molecule has 0 unspecified atom stereocenters. The highest BCUT2D eigenvalue weighted by Crippen LogP contribution is 2.29. The molecule has 2 aromatic rings. The molecule has 4 heterocycles. The first-order chi connectivity index (χ1) is 8.72. The molecule has 2 aliphatic rings. The largest absolute Gasteiger partial charge is 0.281 e. The van der Waals surface area contributed by atoms with E-state index in [4.69, 9.17) is 0 Å². The summed E-state index contributed by atoms with van der Waals surface area (Å²) in [5, 5.41) is 0. The monoisotopic (exact) mass is 238 g/mol. The van der Waals surface area contributed by atoms with Crippen LogP contribution in [0.2, 0.25) is 0 Å². The molecule has 0 spiro atoms. The summed E-state index contributed by atoms with van der Waals surface area (Å²) in [5.74, 6) is 0. The van der Waals surface area contributed by atoms with Crippen molar-refractivity contribution in [3.8, 4) is 11.4 Å². The fraction of sp³-hybridized carbons (Fsp3) is 0.375. The van der Waals surface area contributed by atoms with Crippen molar-refractivity contribution in [2.24, 2.45) is 0 Å². The lowest BCUT2D eigenvalue weighted by Gasteiger charge is -2.20. The maximum atomic E-state index is 2.46. The molecule has 0 fully saturated rings. The zero-order valence-electron chi connectivity index (χ0n) is 11.0.